The minimum atomic E-state index is 0.273. The summed E-state index contributed by atoms with van der Waals surface area (Å²) in [5, 5.41) is 0. The van der Waals surface area contributed by atoms with Gasteiger partial charge in [0.1, 0.15) is 0 Å². The van der Waals surface area contributed by atoms with Crippen LogP contribution in [0, 0.1) is 0 Å². The molecule has 12 heavy (non-hydrogen) atoms. The fourth-order valence-electron chi connectivity index (χ4n) is 1.31. The van der Waals surface area contributed by atoms with E-state index in [9.17, 15) is 0 Å². The molecule has 0 heterocycles. The highest BCUT2D eigenvalue weighted by Crippen LogP contribution is 2.14. The Morgan fingerprint density at radius 1 is 1.08 bits per heavy atom. The molecule has 0 amide bonds. The SMILES string of the molecule is C[C@H](CN(C)C)N(C)C(C)(C)C. The van der Waals surface area contributed by atoms with Crippen LogP contribution in [0.15, 0.2) is 0 Å². The van der Waals surface area contributed by atoms with Gasteiger partial charge in [0.15, 0.2) is 0 Å². The van der Waals surface area contributed by atoms with Crippen LogP contribution in [0.1, 0.15) is 27.7 Å². The molecule has 0 aromatic carbocycles. The van der Waals surface area contributed by atoms with Crippen molar-refractivity contribution in [2.75, 3.05) is 27.7 Å². The maximum Gasteiger partial charge on any atom is 0.0196 e. The van der Waals surface area contributed by atoms with Crippen LogP contribution >= 0.6 is 0 Å². The van der Waals surface area contributed by atoms with Gasteiger partial charge in [0.25, 0.3) is 0 Å². The van der Waals surface area contributed by atoms with E-state index in [1.807, 2.05) is 0 Å². The summed E-state index contributed by atoms with van der Waals surface area (Å²) in [5.41, 5.74) is 0.273. The predicted octanol–water partition coefficient (Wildman–Crippen LogP) is 1.67. The molecule has 0 aliphatic heterocycles. The van der Waals surface area contributed by atoms with Gasteiger partial charge in [0.05, 0.1) is 0 Å². The molecule has 0 aromatic heterocycles. The Balaban J connectivity index is 4.01. The molecule has 0 aliphatic rings. The molecule has 0 saturated heterocycles. The Labute approximate surface area is 77.5 Å². The normalized spacial score (nSPS) is 15.8. The van der Waals surface area contributed by atoms with Crippen molar-refractivity contribution in [1.82, 2.24) is 9.80 Å². The average Bonchev–Trinajstić information content (AvgIpc) is 1.82. The fraction of sp³-hybridized carbons (Fsp3) is 1.00. The predicted molar refractivity (Wildman–Crippen MR) is 55.5 cm³/mol. The lowest BCUT2D eigenvalue weighted by atomic mass is 10.0. The first kappa shape index (κ1) is 11.9. The van der Waals surface area contributed by atoms with Crippen LogP contribution in [-0.2, 0) is 0 Å². The lowest BCUT2D eigenvalue weighted by molar-refractivity contribution is 0.107. The van der Waals surface area contributed by atoms with Crippen molar-refractivity contribution < 1.29 is 0 Å². The van der Waals surface area contributed by atoms with Gasteiger partial charge in [0, 0.05) is 18.1 Å². The maximum absolute atomic E-state index is 2.41. The second-order valence-corrected chi connectivity index (χ2v) is 4.89. The van der Waals surface area contributed by atoms with Gasteiger partial charge in [-0.25, -0.2) is 0 Å². The lowest BCUT2D eigenvalue weighted by Gasteiger charge is -2.38. The summed E-state index contributed by atoms with van der Waals surface area (Å²) in [7, 11) is 6.42. The van der Waals surface area contributed by atoms with E-state index in [0.29, 0.717) is 6.04 Å². The smallest absolute Gasteiger partial charge is 0.0196 e. The second kappa shape index (κ2) is 4.24. The van der Waals surface area contributed by atoms with Gasteiger partial charge in [0.2, 0.25) is 0 Å². The summed E-state index contributed by atoms with van der Waals surface area (Å²) in [6.45, 7) is 10.1. The third-order valence-electron chi connectivity index (χ3n) is 2.35. The van der Waals surface area contributed by atoms with Gasteiger partial charge in [-0.05, 0) is 48.8 Å². The summed E-state index contributed by atoms with van der Waals surface area (Å²) < 4.78 is 0. The molecule has 74 valence electrons. The van der Waals surface area contributed by atoms with Crippen LogP contribution in [0.25, 0.3) is 0 Å². The largest absolute Gasteiger partial charge is 0.308 e. The Morgan fingerprint density at radius 2 is 1.50 bits per heavy atom. The van der Waals surface area contributed by atoms with Crippen molar-refractivity contribution in [2.45, 2.75) is 39.3 Å². The van der Waals surface area contributed by atoms with Crippen LogP contribution in [0.4, 0.5) is 0 Å². The van der Waals surface area contributed by atoms with Gasteiger partial charge in [-0.3, -0.25) is 4.90 Å². The second-order valence-electron chi connectivity index (χ2n) is 4.89. The van der Waals surface area contributed by atoms with Crippen molar-refractivity contribution in [3.63, 3.8) is 0 Å². The van der Waals surface area contributed by atoms with Crippen LogP contribution in [-0.4, -0.2) is 49.1 Å². The fourth-order valence-corrected chi connectivity index (χ4v) is 1.31. The van der Waals surface area contributed by atoms with Crippen LogP contribution in [0.2, 0.25) is 0 Å². The van der Waals surface area contributed by atoms with E-state index in [-0.39, 0.29) is 5.54 Å². The first-order valence-corrected chi connectivity index (χ1v) is 4.63. The Hall–Kier alpha value is -0.0800. The molecule has 0 N–H and O–H groups in total. The minimum absolute atomic E-state index is 0.273. The summed E-state index contributed by atoms with van der Waals surface area (Å²) in [4.78, 5) is 4.64. The molecule has 2 heteroatoms. The molecule has 0 spiro atoms. The van der Waals surface area contributed by atoms with E-state index >= 15 is 0 Å². The summed E-state index contributed by atoms with van der Waals surface area (Å²) in [6.07, 6.45) is 0. The number of likely N-dealkylation sites (N-methyl/N-ethyl adjacent to an activating group) is 2. The highest BCUT2D eigenvalue weighted by atomic mass is 15.2. The van der Waals surface area contributed by atoms with Crippen molar-refractivity contribution >= 4 is 0 Å². The average molecular weight is 172 g/mol. The van der Waals surface area contributed by atoms with E-state index in [4.69, 9.17) is 0 Å². The van der Waals surface area contributed by atoms with Gasteiger partial charge >= 0.3 is 0 Å². The topological polar surface area (TPSA) is 6.48 Å². The first-order chi connectivity index (χ1) is 5.25. The first-order valence-electron chi connectivity index (χ1n) is 4.63. The summed E-state index contributed by atoms with van der Waals surface area (Å²) >= 11 is 0. The zero-order chi connectivity index (χ0) is 9.94. The van der Waals surface area contributed by atoms with Gasteiger partial charge in [-0.2, -0.15) is 0 Å². The molecule has 0 fully saturated rings. The van der Waals surface area contributed by atoms with E-state index in [1.165, 1.54) is 0 Å². The molecule has 0 bridgehead atoms. The van der Waals surface area contributed by atoms with E-state index < -0.39 is 0 Å². The van der Waals surface area contributed by atoms with E-state index in [0.717, 1.165) is 6.54 Å². The molecule has 0 aromatic rings. The Morgan fingerprint density at radius 3 is 1.75 bits per heavy atom. The standard InChI is InChI=1S/C10H24N2/c1-9(8-11(5)6)12(7)10(2,3)4/h9H,8H2,1-7H3/t9-/m1/s1. The van der Waals surface area contributed by atoms with Gasteiger partial charge in [-0.1, -0.05) is 0 Å². The zero-order valence-corrected chi connectivity index (χ0v) is 9.68. The van der Waals surface area contributed by atoms with E-state index in [2.05, 4.69) is 58.6 Å². The monoisotopic (exact) mass is 172 g/mol. The molecule has 0 unspecified atom stereocenters. The van der Waals surface area contributed by atoms with Crippen molar-refractivity contribution in [3.05, 3.63) is 0 Å². The molecule has 0 rings (SSSR count). The van der Waals surface area contributed by atoms with Crippen molar-refractivity contribution in [1.29, 1.82) is 0 Å². The molecule has 2 nitrogen and oxygen atoms in total. The third kappa shape index (κ3) is 4.07. The molecule has 0 saturated carbocycles. The highest BCUT2D eigenvalue weighted by Gasteiger charge is 2.21. The number of hydrogen-bond acceptors (Lipinski definition) is 2. The van der Waals surface area contributed by atoms with Crippen LogP contribution in [0.3, 0.4) is 0 Å². The minimum Gasteiger partial charge on any atom is -0.308 e. The number of hydrogen-bond donors (Lipinski definition) is 0. The summed E-state index contributed by atoms with van der Waals surface area (Å²) in [6, 6.07) is 0.611. The highest BCUT2D eigenvalue weighted by molar-refractivity contribution is 4.78. The van der Waals surface area contributed by atoms with Crippen LogP contribution < -0.4 is 0 Å². The Kier molecular flexibility index (Phi) is 4.21. The molecular weight excluding hydrogens is 148 g/mol. The van der Waals surface area contributed by atoms with E-state index in [1.54, 1.807) is 0 Å². The number of nitrogens with zero attached hydrogens (tertiary/aromatic N) is 2. The van der Waals surface area contributed by atoms with Crippen molar-refractivity contribution in [2.24, 2.45) is 0 Å². The lowest BCUT2D eigenvalue weighted by Crippen LogP contribution is -2.47. The van der Waals surface area contributed by atoms with Crippen molar-refractivity contribution in [3.8, 4) is 0 Å². The zero-order valence-electron chi connectivity index (χ0n) is 9.68. The number of rotatable bonds is 3. The molecular formula is C10H24N2. The quantitative estimate of drug-likeness (QED) is 0.639. The molecule has 0 aliphatic carbocycles. The third-order valence-corrected chi connectivity index (χ3v) is 2.35. The summed E-state index contributed by atoms with van der Waals surface area (Å²) in [5.74, 6) is 0. The van der Waals surface area contributed by atoms with Gasteiger partial charge < -0.3 is 4.90 Å². The molecule has 1 atom stereocenters. The molecule has 0 radical (unpaired) electrons. The maximum atomic E-state index is 2.41. The Bertz CT molecular complexity index is 124. The van der Waals surface area contributed by atoms with Crippen LogP contribution in [0.5, 0.6) is 0 Å². The van der Waals surface area contributed by atoms with Gasteiger partial charge in [-0.15, -0.1) is 0 Å².